The zero-order valence-electron chi connectivity index (χ0n) is 25.8. The molecule has 2 aromatic carbocycles. The van der Waals surface area contributed by atoms with Gasteiger partial charge < -0.3 is 20.7 Å². The van der Waals surface area contributed by atoms with Crippen LogP contribution in [0.4, 0.5) is 5.69 Å². The van der Waals surface area contributed by atoms with E-state index in [1.165, 1.54) is 10.4 Å². The molecule has 4 rings (SSSR count). The fraction of sp³-hybridized carbons (Fsp3) is 0.438. The van der Waals surface area contributed by atoms with Crippen molar-refractivity contribution in [1.29, 1.82) is 5.41 Å². The largest absolute Gasteiger partial charge is 0.489 e. The Bertz CT molecular complexity index is 1570. The molecule has 236 valence electrons. The molecule has 2 aliphatic heterocycles. The zero-order valence-corrected chi connectivity index (χ0v) is 26.6. The number of likely N-dealkylation sites (tertiary alicyclic amines) is 1. The van der Waals surface area contributed by atoms with Crippen molar-refractivity contribution in [2.45, 2.75) is 52.6 Å². The van der Waals surface area contributed by atoms with E-state index >= 15 is 0 Å². The molecule has 44 heavy (non-hydrogen) atoms. The predicted molar refractivity (Wildman–Crippen MR) is 174 cm³/mol. The van der Waals surface area contributed by atoms with Crippen molar-refractivity contribution < 1.29 is 22.7 Å². The summed E-state index contributed by atoms with van der Waals surface area (Å²) < 4.78 is 32.9. The lowest BCUT2D eigenvalue weighted by molar-refractivity contribution is -0.126. The van der Waals surface area contributed by atoms with Crippen molar-refractivity contribution in [3.05, 3.63) is 65.2 Å². The van der Waals surface area contributed by atoms with Gasteiger partial charge in [-0.1, -0.05) is 51.1 Å². The number of primary amides is 1. The number of aliphatic imine (C=N–C) groups is 1. The number of nitrogens with zero attached hydrogens (tertiary/aromatic N) is 3. The van der Waals surface area contributed by atoms with E-state index in [9.17, 15) is 18.0 Å². The highest BCUT2D eigenvalue weighted by atomic mass is 32.2. The van der Waals surface area contributed by atoms with Crippen LogP contribution in [0.5, 0.6) is 5.75 Å². The average molecular weight is 623 g/mol. The minimum absolute atomic E-state index is 0.0119. The summed E-state index contributed by atoms with van der Waals surface area (Å²) in [5, 5.41) is 10.9. The molecule has 1 fully saturated rings. The summed E-state index contributed by atoms with van der Waals surface area (Å²) in [6.45, 7) is 7.85. The molecule has 2 aliphatic rings. The summed E-state index contributed by atoms with van der Waals surface area (Å²) in [6.07, 6.45) is 8.08. The van der Waals surface area contributed by atoms with Gasteiger partial charge in [-0.25, -0.2) is 8.42 Å². The number of benzene rings is 2. The highest BCUT2D eigenvalue weighted by Crippen LogP contribution is 2.29. The molecule has 0 radical (unpaired) electrons. The van der Waals surface area contributed by atoms with Gasteiger partial charge in [0.15, 0.2) is 0 Å². The predicted octanol–water partition coefficient (Wildman–Crippen LogP) is 3.79. The number of carbonyl (C=O) groups excluding carboxylic acids is 2. The second-order valence-electron chi connectivity index (χ2n) is 12.2. The lowest BCUT2D eigenvalue weighted by atomic mass is 9.95. The van der Waals surface area contributed by atoms with Crippen LogP contribution in [0, 0.1) is 10.8 Å². The molecule has 2 heterocycles. The molecule has 0 saturated carbocycles. The summed E-state index contributed by atoms with van der Waals surface area (Å²) >= 11 is 0. The monoisotopic (exact) mass is 622 g/mol. The van der Waals surface area contributed by atoms with Crippen LogP contribution >= 0.6 is 0 Å². The fourth-order valence-corrected chi connectivity index (χ4v) is 5.90. The molecular formula is C32H42N6O5S. The minimum atomic E-state index is -3.73. The molecule has 2 amide bonds. The van der Waals surface area contributed by atoms with Gasteiger partial charge in [0, 0.05) is 49.9 Å². The van der Waals surface area contributed by atoms with Gasteiger partial charge in [0.2, 0.25) is 15.9 Å². The first-order valence-electron chi connectivity index (χ1n) is 14.8. The molecule has 0 spiro atoms. The summed E-state index contributed by atoms with van der Waals surface area (Å²) in [7, 11) is -3.73. The number of piperidine rings is 1. The van der Waals surface area contributed by atoms with Crippen molar-refractivity contribution in [2.75, 3.05) is 36.7 Å². The number of carbonyl (C=O) groups is 2. The zero-order chi connectivity index (χ0) is 32.1. The van der Waals surface area contributed by atoms with Crippen molar-refractivity contribution in [2.24, 2.45) is 16.1 Å². The van der Waals surface area contributed by atoms with Crippen molar-refractivity contribution >= 4 is 45.3 Å². The number of rotatable bonds is 9. The standard InChI is InChI=1S/C32H42N6O5S/c1-32(2,3)31(40)36-29(33)23-10-5-8-22(20-23)9-7-17-38(44(4,41)42)24-12-13-27(26(21-24)30(34)39)43-25-14-18-37(19-15-25)28-11-6-16-35-28/h5,7-10,12-13,20-21,25H,6,11,14-19H2,1-4H3,(H2,34,39)(H2,33,36,40)/b9-7+. The highest BCUT2D eigenvalue weighted by molar-refractivity contribution is 7.92. The number of ether oxygens (including phenoxy) is 1. The maximum absolute atomic E-state index is 12.8. The first-order valence-corrected chi connectivity index (χ1v) is 16.6. The third-order valence-electron chi connectivity index (χ3n) is 7.55. The van der Waals surface area contributed by atoms with Crippen LogP contribution in [0.15, 0.2) is 53.5 Å². The van der Waals surface area contributed by atoms with Crippen molar-refractivity contribution in [1.82, 2.24) is 10.2 Å². The first-order chi connectivity index (χ1) is 20.7. The summed E-state index contributed by atoms with van der Waals surface area (Å²) in [5.74, 6) is 0.505. The van der Waals surface area contributed by atoms with Crippen LogP contribution in [-0.4, -0.2) is 75.3 Å². The topological polar surface area (TPSA) is 158 Å². The van der Waals surface area contributed by atoms with E-state index in [-0.39, 0.29) is 35.6 Å². The highest BCUT2D eigenvalue weighted by Gasteiger charge is 2.26. The van der Waals surface area contributed by atoms with Gasteiger partial charge >= 0.3 is 0 Å². The van der Waals surface area contributed by atoms with Gasteiger partial charge in [-0.15, -0.1) is 0 Å². The van der Waals surface area contributed by atoms with Crippen molar-refractivity contribution in [3.8, 4) is 5.75 Å². The molecule has 0 aliphatic carbocycles. The van der Waals surface area contributed by atoms with Crippen LogP contribution < -0.4 is 20.1 Å². The lowest BCUT2D eigenvalue weighted by Gasteiger charge is -2.34. The Hall–Kier alpha value is -4.19. The summed E-state index contributed by atoms with van der Waals surface area (Å²) in [5.41, 5.74) is 6.70. The maximum atomic E-state index is 12.8. The number of hydrogen-bond donors (Lipinski definition) is 3. The molecular weight excluding hydrogens is 580 g/mol. The minimum Gasteiger partial charge on any atom is -0.489 e. The van der Waals surface area contributed by atoms with Crippen LogP contribution in [0.25, 0.3) is 6.08 Å². The SMILES string of the molecule is CC(C)(C)C(=O)NC(=N)c1cccc(/C=C/CN(c2ccc(OC3CCN(C4=NCCC4)CC3)c(C(N)=O)c2)S(C)(=O)=O)c1. The normalized spacial score (nSPS) is 16.1. The number of amidine groups is 2. The molecule has 1 saturated heterocycles. The Morgan fingerprint density at radius 3 is 2.52 bits per heavy atom. The van der Waals surface area contributed by atoms with E-state index in [0.29, 0.717) is 11.3 Å². The number of sulfonamides is 1. The molecule has 0 aromatic heterocycles. The van der Waals surface area contributed by atoms with E-state index < -0.39 is 21.3 Å². The van der Waals surface area contributed by atoms with Gasteiger partial charge in [-0.05, 0) is 36.2 Å². The fourth-order valence-electron chi connectivity index (χ4n) is 5.05. The number of nitrogens with one attached hydrogen (secondary N) is 2. The maximum Gasteiger partial charge on any atom is 0.252 e. The Morgan fingerprint density at radius 1 is 1.18 bits per heavy atom. The van der Waals surface area contributed by atoms with Crippen molar-refractivity contribution in [3.63, 3.8) is 0 Å². The Balaban J connectivity index is 1.46. The smallest absolute Gasteiger partial charge is 0.252 e. The second kappa shape index (κ2) is 13.6. The lowest BCUT2D eigenvalue weighted by Crippen LogP contribution is -2.41. The first kappa shape index (κ1) is 32.7. The van der Waals surface area contributed by atoms with Gasteiger partial charge in [0.1, 0.15) is 17.7 Å². The average Bonchev–Trinajstić information content (AvgIpc) is 3.50. The van der Waals surface area contributed by atoms with Crippen LogP contribution in [0.1, 0.15) is 67.9 Å². The quantitative estimate of drug-likeness (QED) is 0.285. The van der Waals surface area contributed by atoms with E-state index in [1.807, 2.05) is 6.07 Å². The second-order valence-corrected chi connectivity index (χ2v) is 14.1. The molecule has 12 heteroatoms. The Morgan fingerprint density at radius 2 is 1.91 bits per heavy atom. The van der Waals surface area contributed by atoms with Crippen LogP contribution in [0.2, 0.25) is 0 Å². The Kier molecular flexibility index (Phi) is 10.1. The third-order valence-corrected chi connectivity index (χ3v) is 8.71. The van der Waals surface area contributed by atoms with E-state index in [1.54, 1.807) is 63.3 Å². The van der Waals surface area contributed by atoms with E-state index in [4.69, 9.17) is 15.9 Å². The molecule has 2 aromatic rings. The molecule has 0 bridgehead atoms. The number of amides is 2. The number of anilines is 1. The van der Waals surface area contributed by atoms with E-state index in [2.05, 4.69) is 15.2 Å². The summed E-state index contributed by atoms with van der Waals surface area (Å²) in [6, 6.07) is 11.7. The molecule has 4 N–H and O–H groups in total. The van der Waals surface area contributed by atoms with E-state index in [0.717, 1.165) is 63.0 Å². The summed E-state index contributed by atoms with van der Waals surface area (Å²) in [4.78, 5) is 31.6. The number of hydrogen-bond acceptors (Lipinski definition) is 8. The molecule has 0 unspecified atom stereocenters. The van der Waals surface area contributed by atoms with Gasteiger partial charge in [0.05, 0.1) is 29.9 Å². The Labute approximate surface area is 259 Å². The van der Waals surface area contributed by atoms with Crippen LogP contribution in [-0.2, 0) is 14.8 Å². The van der Waals surface area contributed by atoms with Gasteiger partial charge in [-0.3, -0.25) is 24.3 Å². The van der Waals surface area contributed by atoms with Gasteiger partial charge in [0.25, 0.3) is 5.91 Å². The number of nitrogens with two attached hydrogens (primary N) is 1. The molecule has 0 atom stereocenters. The van der Waals surface area contributed by atoms with Gasteiger partial charge in [-0.2, -0.15) is 0 Å². The third kappa shape index (κ3) is 8.46. The molecule has 11 nitrogen and oxygen atoms in total. The van der Waals surface area contributed by atoms with Crippen LogP contribution in [0.3, 0.4) is 0 Å².